The van der Waals surface area contributed by atoms with Gasteiger partial charge in [-0.15, -0.1) is 0 Å². The van der Waals surface area contributed by atoms with E-state index < -0.39 is 75.8 Å². The third kappa shape index (κ3) is 4.20. The second kappa shape index (κ2) is 7.93. The third-order valence-corrected chi connectivity index (χ3v) is 6.47. The quantitative estimate of drug-likeness (QED) is 0.616. The molecule has 3 rings (SSSR count). The Hall–Kier alpha value is -2.41. The number of benzene rings is 1. The van der Waals surface area contributed by atoms with Crippen molar-refractivity contribution >= 4 is 15.7 Å². The van der Waals surface area contributed by atoms with Crippen molar-refractivity contribution in [1.82, 2.24) is 4.98 Å². The molecule has 0 bridgehead atoms. The molecule has 0 saturated carbocycles. The lowest BCUT2D eigenvalue weighted by atomic mass is 9.84. The number of hydrogen-bond donors (Lipinski definition) is 2. The summed E-state index contributed by atoms with van der Waals surface area (Å²) in [6.07, 6.45) is -8.75. The molecule has 172 valence electrons. The molecule has 1 atom stereocenters. The van der Waals surface area contributed by atoms with Crippen molar-refractivity contribution in [3.05, 3.63) is 41.0 Å². The zero-order valence-corrected chi connectivity index (χ0v) is 16.6. The summed E-state index contributed by atoms with van der Waals surface area (Å²) in [7, 11) is -6.72. The van der Waals surface area contributed by atoms with Crippen LogP contribution < -0.4 is 9.46 Å². The molecule has 13 heteroatoms. The molecule has 0 unspecified atom stereocenters. The van der Waals surface area contributed by atoms with Gasteiger partial charge in [0.15, 0.2) is 0 Å². The van der Waals surface area contributed by atoms with E-state index in [-0.39, 0.29) is 17.7 Å². The molecule has 6 nitrogen and oxygen atoms in total. The van der Waals surface area contributed by atoms with E-state index in [2.05, 4.69) is 9.72 Å². The maximum Gasteiger partial charge on any atom is 0.419 e. The molecular weight excluding hydrogens is 454 g/mol. The number of rotatable bonds is 6. The lowest BCUT2D eigenvalue weighted by Crippen LogP contribution is -2.44. The molecule has 0 spiro atoms. The van der Waals surface area contributed by atoms with Gasteiger partial charge >= 0.3 is 6.18 Å². The number of halogens is 6. The Morgan fingerprint density at radius 1 is 1.32 bits per heavy atom. The maximum absolute atomic E-state index is 14.0. The van der Waals surface area contributed by atoms with Crippen LogP contribution in [0.3, 0.4) is 0 Å². The molecule has 1 aliphatic rings. The minimum absolute atomic E-state index is 0.0123. The first-order chi connectivity index (χ1) is 15.5. The second-order valence-corrected chi connectivity index (χ2v) is 8.54. The van der Waals surface area contributed by atoms with Gasteiger partial charge in [-0.05, 0) is 24.5 Å². The van der Waals surface area contributed by atoms with Gasteiger partial charge in [0.2, 0.25) is 0 Å². The van der Waals surface area contributed by atoms with Crippen LogP contribution in [0.4, 0.5) is 32.0 Å². The molecule has 0 fully saturated rings. The summed E-state index contributed by atoms with van der Waals surface area (Å²) in [6, 6.07) is 0.604. The largest absolute Gasteiger partial charge is 0.495 e. The van der Waals surface area contributed by atoms with E-state index >= 15 is 0 Å². The minimum Gasteiger partial charge on any atom is -0.495 e. The number of fused-ring (bicyclic) bond motifs is 1. The molecule has 2 N–H and O–H groups in total. The fraction of sp³-hybridized carbons (Fsp3) is 0.444. The molecule has 31 heavy (non-hydrogen) atoms. The fourth-order valence-electron chi connectivity index (χ4n) is 3.41. The van der Waals surface area contributed by atoms with Crippen molar-refractivity contribution in [2.75, 3.05) is 18.9 Å². The van der Waals surface area contributed by atoms with E-state index in [1.54, 1.807) is 0 Å². The van der Waals surface area contributed by atoms with Gasteiger partial charge in [0.25, 0.3) is 16.4 Å². The second-order valence-electron chi connectivity index (χ2n) is 6.89. The zero-order chi connectivity index (χ0) is 25.7. The highest BCUT2D eigenvalue weighted by Gasteiger charge is 2.45. The summed E-state index contributed by atoms with van der Waals surface area (Å²) < 4.78 is 139. The van der Waals surface area contributed by atoms with Crippen LogP contribution in [0.2, 0.25) is 0 Å². The Morgan fingerprint density at radius 2 is 2.03 bits per heavy atom. The normalized spacial score (nSPS) is 21.2. The number of sulfonamides is 1. The van der Waals surface area contributed by atoms with Crippen molar-refractivity contribution < 1.29 is 48.3 Å². The molecule has 1 heterocycles. The highest BCUT2D eigenvalue weighted by molar-refractivity contribution is 7.92. The summed E-state index contributed by atoms with van der Waals surface area (Å²) >= 11 is 0. The van der Waals surface area contributed by atoms with Gasteiger partial charge in [0.05, 0.1) is 22.5 Å². The molecule has 0 amide bonds. The van der Waals surface area contributed by atoms with E-state index in [1.165, 1.54) is 0 Å². The van der Waals surface area contributed by atoms with Crippen molar-refractivity contribution in [1.29, 1.82) is 0 Å². The van der Waals surface area contributed by atoms with Gasteiger partial charge in [-0.2, -0.15) is 13.2 Å². The van der Waals surface area contributed by atoms with Crippen LogP contribution in [0, 0.1) is 5.82 Å². The smallest absolute Gasteiger partial charge is 0.419 e. The van der Waals surface area contributed by atoms with Gasteiger partial charge in [-0.3, -0.25) is 4.72 Å². The number of ether oxygens (including phenoxy) is 2. The third-order valence-electron chi connectivity index (χ3n) is 5.04. The zero-order valence-electron chi connectivity index (χ0n) is 18.7. The number of H-pyrrole nitrogens is 1. The van der Waals surface area contributed by atoms with Gasteiger partial charge in [-0.25, -0.2) is 21.6 Å². The molecule has 0 radical (unpaired) electrons. The van der Waals surface area contributed by atoms with E-state index in [4.69, 9.17) is 8.85 Å². The summed E-state index contributed by atoms with van der Waals surface area (Å²) in [5.74, 6) is -2.35. The highest BCUT2D eigenvalue weighted by Crippen LogP contribution is 2.40. The summed E-state index contributed by atoms with van der Waals surface area (Å²) in [4.78, 5) is 2.08. The first-order valence-electron chi connectivity index (χ1n) is 10.1. The maximum atomic E-state index is 14.0. The van der Waals surface area contributed by atoms with E-state index in [0.717, 1.165) is 13.3 Å². The van der Waals surface area contributed by atoms with Crippen LogP contribution in [0.15, 0.2) is 23.2 Å². The highest BCUT2D eigenvalue weighted by atomic mass is 32.2. The van der Waals surface area contributed by atoms with E-state index in [0.29, 0.717) is 12.1 Å². The Morgan fingerprint density at radius 3 is 2.61 bits per heavy atom. The SMILES string of the molecule is [2H]C([2H])([2H])O[C@@]1(C(F)F)CCc2c(S(=O)(=O)Nc3cc(F)c(C(F)(F)F)cc3OC)c[nH]c2C1. The molecular formula is C18H18F6N2O4S. The lowest BCUT2D eigenvalue weighted by Gasteiger charge is -2.35. The van der Waals surface area contributed by atoms with Crippen molar-refractivity contribution in [2.45, 2.75) is 42.4 Å². The number of aromatic amines is 1. The summed E-state index contributed by atoms with van der Waals surface area (Å²) in [5.41, 5.74) is -4.61. The predicted octanol–water partition coefficient (Wildman–Crippen LogP) is 4.12. The average Bonchev–Trinajstić information content (AvgIpc) is 3.09. The first kappa shape index (κ1) is 19.3. The Bertz CT molecular complexity index is 1180. The summed E-state index contributed by atoms with van der Waals surface area (Å²) in [5, 5.41) is 0. The van der Waals surface area contributed by atoms with Crippen molar-refractivity contribution in [3.8, 4) is 5.75 Å². The number of aromatic nitrogens is 1. The van der Waals surface area contributed by atoms with E-state index in [1.807, 2.05) is 4.72 Å². The topological polar surface area (TPSA) is 80.4 Å². The molecule has 0 aliphatic heterocycles. The first-order valence-corrected chi connectivity index (χ1v) is 10.1. The Labute approximate surface area is 177 Å². The van der Waals surface area contributed by atoms with Gasteiger partial charge in [-0.1, -0.05) is 0 Å². The van der Waals surface area contributed by atoms with Crippen LogP contribution in [0.5, 0.6) is 5.75 Å². The van der Waals surface area contributed by atoms with E-state index in [9.17, 15) is 34.8 Å². The van der Waals surface area contributed by atoms with Crippen LogP contribution >= 0.6 is 0 Å². The molecule has 1 aromatic carbocycles. The predicted molar refractivity (Wildman–Crippen MR) is 97.3 cm³/mol. The minimum atomic E-state index is -5.05. The lowest BCUT2D eigenvalue weighted by molar-refractivity contribution is -0.140. The van der Waals surface area contributed by atoms with Crippen molar-refractivity contribution in [2.24, 2.45) is 0 Å². The molecule has 1 aromatic heterocycles. The van der Waals surface area contributed by atoms with Crippen LogP contribution in [0.1, 0.15) is 27.4 Å². The Balaban J connectivity index is 1.95. The van der Waals surface area contributed by atoms with Gasteiger partial charge in [0, 0.05) is 31.4 Å². The fourth-order valence-corrected chi connectivity index (χ4v) is 4.73. The Kier molecular flexibility index (Phi) is 4.94. The summed E-state index contributed by atoms with van der Waals surface area (Å²) in [6.45, 7) is 0. The average molecular weight is 475 g/mol. The molecule has 0 saturated heterocycles. The van der Waals surface area contributed by atoms with Gasteiger partial charge in [0.1, 0.15) is 22.1 Å². The van der Waals surface area contributed by atoms with Crippen LogP contribution in [0.25, 0.3) is 0 Å². The number of hydrogen-bond acceptors (Lipinski definition) is 4. The number of alkyl halides is 5. The number of anilines is 1. The van der Waals surface area contributed by atoms with Gasteiger partial charge < -0.3 is 14.5 Å². The molecule has 2 aromatic rings. The number of methoxy groups -OCH3 is 2. The molecule has 1 aliphatic carbocycles. The monoisotopic (exact) mass is 475 g/mol. The van der Waals surface area contributed by atoms with Crippen LogP contribution in [-0.4, -0.2) is 39.6 Å². The van der Waals surface area contributed by atoms with Crippen LogP contribution in [-0.2, 0) is 33.8 Å². The standard InChI is InChI=1S/C18H18F6N2O4S/c1-29-14-5-10(18(22,23)24)11(19)6-12(14)26-31(27,28)15-8-25-13-7-17(30-2,16(20)21)4-3-9(13)15/h5-6,8,16,25-26H,3-4,7H2,1-2H3/t17-/m0/s1/i2D3. The van der Waals surface area contributed by atoms with Crippen molar-refractivity contribution in [3.63, 3.8) is 0 Å². The number of nitrogens with one attached hydrogen (secondary N) is 2.